The van der Waals surface area contributed by atoms with Crippen LogP contribution in [0, 0.1) is 0 Å². The average Bonchev–Trinajstić information content (AvgIpc) is 2.80. The Bertz CT molecular complexity index is 935. The molecular formula is C23H24O7Si. The van der Waals surface area contributed by atoms with E-state index in [2.05, 4.69) is 4.74 Å². The van der Waals surface area contributed by atoms with Gasteiger partial charge in [0.15, 0.2) is 11.5 Å². The Kier molecular flexibility index (Phi) is 9.50. The van der Waals surface area contributed by atoms with Crippen LogP contribution >= 0.6 is 0 Å². The first-order valence-electron chi connectivity index (χ1n) is 9.56. The second-order valence-electron chi connectivity index (χ2n) is 6.31. The van der Waals surface area contributed by atoms with Crippen molar-refractivity contribution in [3.8, 4) is 17.2 Å². The summed E-state index contributed by atoms with van der Waals surface area (Å²) in [6, 6.07) is 11.5. The Morgan fingerprint density at radius 1 is 1.00 bits per heavy atom. The maximum absolute atomic E-state index is 12.5. The van der Waals surface area contributed by atoms with Gasteiger partial charge in [-0.15, -0.1) is 0 Å². The molecule has 2 rings (SSSR count). The van der Waals surface area contributed by atoms with Crippen molar-refractivity contribution in [2.24, 2.45) is 0 Å². The first kappa shape index (κ1) is 23.9. The van der Waals surface area contributed by atoms with Gasteiger partial charge in [0.1, 0.15) is 20.7 Å². The molecule has 2 aromatic carbocycles. The van der Waals surface area contributed by atoms with E-state index >= 15 is 0 Å². The molecule has 0 heterocycles. The zero-order valence-electron chi connectivity index (χ0n) is 17.7. The summed E-state index contributed by atoms with van der Waals surface area (Å²) in [6.07, 6.45) is 4.02. The fraction of sp³-hybridized carbons (Fsp3) is 0.261. The van der Waals surface area contributed by atoms with Gasteiger partial charge in [0.25, 0.3) is 0 Å². The molecule has 31 heavy (non-hydrogen) atoms. The third-order valence-corrected chi connectivity index (χ3v) is 5.00. The Morgan fingerprint density at radius 3 is 2.39 bits per heavy atom. The highest BCUT2D eigenvalue weighted by Crippen LogP contribution is 2.29. The molecule has 0 aliphatic rings. The zero-order valence-corrected chi connectivity index (χ0v) is 18.7. The third kappa shape index (κ3) is 7.75. The van der Waals surface area contributed by atoms with Crippen molar-refractivity contribution < 1.29 is 33.3 Å². The highest BCUT2D eigenvalue weighted by atomic mass is 28.2. The molecule has 0 N–H and O–H groups in total. The quantitative estimate of drug-likeness (QED) is 0.174. The van der Waals surface area contributed by atoms with Gasteiger partial charge < -0.3 is 23.7 Å². The maximum atomic E-state index is 12.5. The lowest BCUT2D eigenvalue weighted by Gasteiger charge is -2.10. The van der Waals surface area contributed by atoms with Gasteiger partial charge >= 0.3 is 11.9 Å². The minimum atomic E-state index is -0.544. The molecule has 0 saturated carbocycles. The molecule has 8 heteroatoms. The summed E-state index contributed by atoms with van der Waals surface area (Å²) >= 11 is 0. The van der Waals surface area contributed by atoms with Crippen molar-refractivity contribution >= 4 is 32.9 Å². The monoisotopic (exact) mass is 440 g/mol. The standard InChI is InChI=1S/C23H24O7Si/c1-27-20-15-16(7-13-21(24)28-2)6-12-19(20)30-23(26)17-8-10-18(11-9-17)29-14-4-5-22(25)31-3/h6-13,15H,4-5,14H2,1-3H3/b13-7+. The highest BCUT2D eigenvalue weighted by Gasteiger charge is 2.13. The molecule has 0 bridgehead atoms. The summed E-state index contributed by atoms with van der Waals surface area (Å²) in [7, 11) is 3.07. The van der Waals surface area contributed by atoms with Gasteiger partial charge in [0.2, 0.25) is 0 Å². The van der Waals surface area contributed by atoms with Crippen LogP contribution in [0.4, 0.5) is 0 Å². The molecule has 0 amide bonds. The molecule has 0 aliphatic carbocycles. The molecule has 0 spiro atoms. The van der Waals surface area contributed by atoms with Gasteiger partial charge in [-0.2, -0.15) is 0 Å². The lowest BCUT2D eigenvalue weighted by molar-refractivity contribution is -0.134. The second kappa shape index (κ2) is 12.3. The lowest BCUT2D eigenvalue weighted by Crippen LogP contribution is -2.09. The number of methoxy groups -OCH3 is 2. The third-order valence-electron chi connectivity index (χ3n) is 4.19. The smallest absolute Gasteiger partial charge is 0.343 e. The zero-order chi connectivity index (χ0) is 22.6. The van der Waals surface area contributed by atoms with E-state index in [1.54, 1.807) is 48.5 Å². The fourth-order valence-corrected chi connectivity index (χ4v) is 2.93. The van der Waals surface area contributed by atoms with Gasteiger partial charge in [0, 0.05) is 12.5 Å². The largest absolute Gasteiger partial charge is 0.494 e. The topological polar surface area (TPSA) is 88.1 Å². The first-order chi connectivity index (χ1) is 15.0. The maximum Gasteiger partial charge on any atom is 0.343 e. The predicted octanol–water partition coefficient (Wildman–Crippen LogP) is 3.54. The van der Waals surface area contributed by atoms with E-state index in [1.807, 2.05) is 6.55 Å². The molecule has 0 aromatic heterocycles. The summed E-state index contributed by atoms with van der Waals surface area (Å²) in [4.78, 5) is 35.0. The van der Waals surface area contributed by atoms with Gasteiger partial charge in [-0.05, 0) is 54.5 Å². The van der Waals surface area contributed by atoms with Crippen LogP contribution in [0.5, 0.6) is 17.2 Å². The number of carbonyl (C=O) groups excluding carboxylic acids is 3. The van der Waals surface area contributed by atoms with Crippen LogP contribution in [-0.4, -0.2) is 47.7 Å². The number of esters is 2. The van der Waals surface area contributed by atoms with Crippen LogP contribution in [0.3, 0.4) is 0 Å². The van der Waals surface area contributed by atoms with Gasteiger partial charge in [-0.25, -0.2) is 9.59 Å². The predicted molar refractivity (Wildman–Crippen MR) is 117 cm³/mol. The van der Waals surface area contributed by atoms with Crippen LogP contribution < -0.4 is 14.2 Å². The van der Waals surface area contributed by atoms with E-state index in [0.717, 1.165) is 0 Å². The number of benzene rings is 2. The van der Waals surface area contributed by atoms with Gasteiger partial charge in [-0.3, -0.25) is 0 Å². The lowest BCUT2D eigenvalue weighted by atomic mass is 10.2. The molecule has 2 aromatic rings. The van der Waals surface area contributed by atoms with Crippen molar-refractivity contribution in [2.45, 2.75) is 19.4 Å². The van der Waals surface area contributed by atoms with E-state index in [0.29, 0.717) is 51.6 Å². The number of carbonyl (C=O) groups is 3. The van der Waals surface area contributed by atoms with Gasteiger partial charge in [0.05, 0.1) is 26.4 Å². The molecule has 0 aliphatic heterocycles. The molecule has 0 fully saturated rings. The Morgan fingerprint density at radius 2 is 1.74 bits per heavy atom. The molecular weight excluding hydrogens is 416 g/mol. The second-order valence-corrected chi connectivity index (χ2v) is 7.36. The minimum absolute atomic E-state index is 0.240. The summed E-state index contributed by atoms with van der Waals surface area (Å²) < 4.78 is 20.9. The first-order valence-corrected chi connectivity index (χ1v) is 11.1. The molecule has 7 nitrogen and oxygen atoms in total. The minimum Gasteiger partial charge on any atom is -0.494 e. The van der Waals surface area contributed by atoms with Crippen LogP contribution in [0.15, 0.2) is 48.5 Å². The molecule has 0 saturated heterocycles. The summed E-state index contributed by atoms with van der Waals surface area (Å²) in [5.74, 6) is 0.197. The average molecular weight is 441 g/mol. The number of hydrogen-bond donors (Lipinski definition) is 0. The highest BCUT2D eigenvalue weighted by molar-refractivity contribution is 6.72. The van der Waals surface area contributed by atoms with Gasteiger partial charge in [-0.1, -0.05) is 12.6 Å². The molecule has 2 radical (unpaired) electrons. The van der Waals surface area contributed by atoms with Crippen molar-refractivity contribution in [1.29, 1.82) is 0 Å². The van der Waals surface area contributed by atoms with E-state index in [-0.39, 0.29) is 11.2 Å². The summed E-state index contributed by atoms with van der Waals surface area (Å²) in [5, 5.41) is 0.240. The van der Waals surface area contributed by atoms with Crippen molar-refractivity contribution in [2.75, 3.05) is 20.8 Å². The van der Waals surface area contributed by atoms with E-state index in [4.69, 9.17) is 14.2 Å². The Labute approximate surface area is 183 Å². The van der Waals surface area contributed by atoms with Crippen molar-refractivity contribution in [3.05, 3.63) is 59.7 Å². The fourth-order valence-electron chi connectivity index (χ4n) is 2.50. The van der Waals surface area contributed by atoms with E-state index in [9.17, 15) is 14.4 Å². The molecule has 0 atom stereocenters. The number of rotatable bonds is 11. The van der Waals surface area contributed by atoms with Crippen LogP contribution in [0.2, 0.25) is 6.55 Å². The molecule has 162 valence electrons. The number of ether oxygens (including phenoxy) is 4. The van der Waals surface area contributed by atoms with Crippen LogP contribution in [0.25, 0.3) is 6.08 Å². The number of hydrogen-bond acceptors (Lipinski definition) is 7. The van der Waals surface area contributed by atoms with Crippen LogP contribution in [0.1, 0.15) is 28.8 Å². The SMILES string of the molecule is COC(=O)/C=C/c1ccc(OC(=O)c2ccc(OCCCC(=O)[Si]C)cc2)c(OC)c1. The normalized spacial score (nSPS) is 10.5. The summed E-state index contributed by atoms with van der Waals surface area (Å²) in [5.41, 5.74) is 1.04. The Hall–Kier alpha value is -3.39. The van der Waals surface area contributed by atoms with Crippen LogP contribution in [-0.2, 0) is 14.3 Å². The van der Waals surface area contributed by atoms with Crippen molar-refractivity contribution in [1.82, 2.24) is 0 Å². The molecule has 0 unspecified atom stereocenters. The van der Waals surface area contributed by atoms with Crippen molar-refractivity contribution in [3.63, 3.8) is 0 Å². The Balaban J connectivity index is 1.97. The van der Waals surface area contributed by atoms with E-state index in [1.165, 1.54) is 20.3 Å². The summed E-state index contributed by atoms with van der Waals surface area (Å²) in [6.45, 7) is 2.31. The van der Waals surface area contributed by atoms with E-state index < -0.39 is 11.9 Å².